The highest BCUT2D eigenvalue weighted by Crippen LogP contribution is 2.33. The van der Waals surface area contributed by atoms with Crippen LogP contribution in [-0.4, -0.2) is 22.0 Å². The zero-order valence-corrected chi connectivity index (χ0v) is 12.9. The van der Waals surface area contributed by atoms with Crippen molar-refractivity contribution in [3.05, 3.63) is 48.0 Å². The molecule has 0 unspecified atom stereocenters. The summed E-state index contributed by atoms with van der Waals surface area (Å²) in [7, 11) is 1.78. The molecule has 2 heterocycles. The molecular weight excluding hydrogens is 301 g/mol. The third-order valence-corrected chi connectivity index (χ3v) is 4.18. The summed E-state index contributed by atoms with van der Waals surface area (Å²) in [6.45, 7) is 1.83. The Hall–Kier alpha value is -2.54. The molecule has 0 saturated carbocycles. The molecule has 3 aromatic rings. The first-order chi connectivity index (χ1) is 10.7. The summed E-state index contributed by atoms with van der Waals surface area (Å²) in [5, 5.41) is 6.74. The summed E-state index contributed by atoms with van der Waals surface area (Å²) < 4.78 is 14.1. The van der Waals surface area contributed by atoms with Gasteiger partial charge in [0.1, 0.15) is 5.69 Å². The van der Waals surface area contributed by atoms with Crippen LogP contribution in [0.2, 0.25) is 0 Å². The lowest BCUT2D eigenvalue weighted by atomic mass is 10.3. The Labute approximate surface area is 131 Å². The number of rotatable bonds is 4. The van der Waals surface area contributed by atoms with Gasteiger partial charge < -0.3 is 10.6 Å². The van der Waals surface area contributed by atoms with Crippen LogP contribution in [0, 0.1) is 12.7 Å². The van der Waals surface area contributed by atoms with Crippen molar-refractivity contribution in [2.75, 3.05) is 17.7 Å². The van der Waals surface area contributed by atoms with E-state index in [0.717, 1.165) is 16.5 Å². The van der Waals surface area contributed by atoms with Gasteiger partial charge in [0.15, 0.2) is 10.9 Å². The maximum atomic E-state index is 14.1. The maximum Gasteiger partial charge on any atom is 0.227 e. The fourth-order valence-corrected chi connectivity index (χ4v) is 2.87. The van der Waals surface area contributed by atoms with Gasteiger partial charge in [-0.1, -0.05) is 29.5 Å². The molecule has 5 nitrogen and oxygen atoms in total. The van der Waals surface area contributed by atoms with Crippen LogP contribution in [0.4, 0.5) is 21.2 Å². The van der Waals surface area contributed by atoms with Crippen LogP contribution in [-0.2, 0) is 0 Å². The molecule has 0 spiro atoms. The standard InChI is InChI=1S/C15H14FN5S/c1-9-13(22-15(17-2)19-9)12-11(16)8-18-14(21-12)20-10-6-4-3-5-7-10/h3-8H,1-2H3,(H,17,19)(H,18,20,21). The zero-order chi connectivity index (χ0) is 15.5. The number of hydrogen-bond donors (Lipinski definition) is 2. The molecule has 2 aromatic heterocycles. The van der Waals surface area contributed by atoms with E-state index in [1.165, 1.54) is 17.5 Å². The first-order valence-electron chi connectivity index (χ1n) is 6.67. The Kier molecular flexibility index (Phi) is 3.97. The number of halogens is 1. The van der Waals surface area contributed by atoms with E-state index in [2.05, 4.69) is 25.6 Å². The van der Waals surface area contributed by atoms with Gasteiger partial charge in [0.25, 0.3) is 0 Å². The van der Waals surface area contributed by atoms with Crippen molar-refractivity contribution >= 4 is 28.1 Å². The molecule has 0 bridgehead atoms. The zero-order valence-electron chi connectivity index (χ0n) is 12.1. The SMILES string of the molecule is CNc1nc(C)c(-c2nc(Nc3ccccc3)ncc2F)s1. The lowest BCUT2D eigenvalue weighted by molar-refractivity contribution is 0.619. The van der Waals surface area contributed by atoms with Gasteiger partial charge in [-0.05, 0) is 19.1 Å². The van der Waals surface area contributed by atoms with Crippen molar-refractivity contribution in [1.29, 1.82) is 0 Å². The van der Waals surface area contributed by atoms with Gasteiger partial charge in [-0.25, -0.2) is 19.3 Å². The van der Waals surface area contributed by atoms with Gasteiger partial charge in [0.05, 0.1) is 16.8 Å². The molecule has 0 aliphatic rings. The van der Waals surface area contributed by atoms with Gasteiger partial charge in [-0.2, -0.15) is 0 Å². The van der Waals surface area contributed by atoms with Gasteiger partial charge in [0, 0.05) is 12.7 Å². The first-order valence-corrected chi connectivity index (χ1v) is 7.49. The summed E-state index contributed by atoms with van der Waals surface area (Å²) in [5.74, 6) is -0.116. The maximum absolute atomic E-state index is 14.1. The fourth-order valence-electron chi connectivity index (χ4n) is 1.96. The molecule has 0 radical (unpaired) electrons. The monoisotopic (exact) mass is 315 g/mol. The lowest BCUT2D eigenvalue weighted by Gasteiger charge is -2.06. The minimum Gasteiger partial charge on any atom is -0.365 e. The summed E-state index contributed by atoms with van der Waals surface area (Å²) in [6.07, 6.45) is 1.17. The molecule has 0 fully saturated rings. The highest BCUT2D eigenvalue weighted by Gasteiger charge is 2.16. The second kappa shape index (κ2) is 6.07. The third-order valence-electron chi connectivity index (χ3n) is 3.00. The lowest BCUT2D eigenvalue weighted by Crippen LogP contribution is -2.00. The van der Waals surface area contributed by atoms with Crippen LogP contribution in [0.5, 0.6) is 0 Å². The first kappa shape index (κ1) is 14.4. The van der Waals surface area contributed by atoms with Crippen LogP contribution in [0.3, 0.4) is 0 Å². The molecule has 1 aromatic carbocycles. The van der Waals surface area contributed by atoms with E-state index in [4.69, 9.17) is 0 Å². The van der Waals surface area contributed by atoms with Gasteiger partial charge >= 0.3 is 0 Å². The van der Waals surface area contributed by atoms with Crippen molar-refractivity contribution in [1.82, 2.24) is 15.0 Å². The van der Waals surface area contributed by atoms with Crippen molar-refractivity contribution in [2.24, 2.45) is 0 Å². The number of thiazole rings is 1. The van der Waals surface area contributed by atoms with Crippen molar-refractivity contribution < 1.29 is 4.39 Å². The van der Waals surface area contributed by atoms with Crippen LogP contribution in [0.25, 0.3) is 10.6 Å². The minimum absolute atomic E-state index is 0.255. The Balaban J connectivity index is 1.97. The second-order valence-corrected chi connectivity index (χ2v) is 5.56. The number of nitrogens with one attached hydrogen (secondary N) is 2. The highest BCUT2D eigenvalue weighted by atomic mass is 32.1. The van der Waals surface area contributed by atoms with E-state index in [1.807, 2.05) is 37.3 Å². The summed E-state index contributed by atoms with van der Waals surface area (Å²) >= 11 is 1.36. The molecule has 2 N–H and O–H groups in total. The molecule has 112 valence electrons. The van der Waals surface area contributed by atoms with Crippen LogP contribution in [0.15, 0.2) is 36.5 Å². The number of nitrogens with zero attached hydrogens (tertiary/aromatic N) is 3. The van der Waals surface area contributed by atoms with E-state index < -0.39 is 5.82 Å². The average molecular weight is 315 g/mol. The number of anilines is 3. The molecule has 0 aliphatic carbocycles. The van der Waals surface area contributed by atoms with E-state index in [9.17, 15) is 4.39 Å². The highest BCUT2D eigenvalue weighted by molar-refractivity contribution is 7.19. The van der Waals surface area contributed by atoms with Gasteiger partial charge in [0.2, 0.25) is 5.95 Å². The van der Waals surface area contributed by atoms with Crippen molar-refractivity contribution in [2.45, 2.75) is 6.92 Å². The largest absolute Gasteiger partial charge is 0.365 e. The molecule has 22 heavy (non-hydrogen) atoms. The Morgan fingerprint density at radius 1 is 1.14 bits per heavy atom. The minimum atomic E-state index is -0.465. The fraction of sp³-hybridized carbons (Fsp3) is 0.133. The number of para-hydroxylation sites is 1. The Morgan fingerprint density at radius 3 is 2.59 bits per heavy atom. The van der Waals surface area contributed by atoms with Crippen LogP contribution in [0.1, 0.15) is 5.69 Å². The molecule has 0 aliphatic heterocycles. The quantitative estimate of drug-likeness (QED) is 0.766. The predicted molar refractivity (Wildman–Crippen MR) is 87.1 cm³/mol. The molecule has 0 atom stereocenters. The number of aromatic nitrogens is 3. The van der Waals surface area contributed by atoms with Crippen molar-refractivity contribution in [3.8, 4) is 10.6 Å². The van der Waals surface area contributed by atoms with Crippen LogP contribution < -0.4 is 10.6 Å². The third kappa shape index (κ3) is 2.89. The molecular formula is C15H14FN5S. The van der Waals surface area contributed by atoms with Gasteiger partial charge in [-0.3, -0.25) is 0 Å². The topological polar surface area (TPSA) is 62.7 Å². The van der Waals surface area contributed by atoms with Crippen molar-refractivity contribution in [3.63, 3.8) is 0 Å². The summed E-state index contributed by atoms with van der Waals surface area (Å²) in [6, 6.07) is 9.51. The molecule has 0 amide bonds. The normalized spacial score (nSPS) is 10.5. The molecule has 7 heteroatoms. The summed E-state index contributed by atoms with van der Waals surface area (Å²) in [5.41, 5.74) is 1.83. The smallest absolute Gasteiger partial charge is 0.227 e. The van der Waals surface area contributed by atoms with E-state index in [-0.39, 0.29) is 5.69 Å². The molecule has 0 saturated heterocycles. The summed E-state index contributed by atoms with van der Waals surface area (Å²) in [4.78, 5) is 13.3. The average Bonchev–Trinajstić information content (AvgIpc) is 2.91. The number of hydrogen-bond acceptors (Lipinski definition) is 6. The van der Waals surface area contributed by atoms with E-state index in [1.54, 1.807) is 7.05 Å². The Morgan fingerprint density at radius 2 is 1.91 bits per heavy atom. The van der Waals surface area contributed by atoms with Crippen LogP contribution >= 0.6 is 11.3 Å². The predicted octanol–water partition coefficient (Wildman–Crippen LogP) is 3.83. The van der Waals surface area contributed by atoms with Gasteiger partial charge in [-0.15, -0.1) is 0 Å². The number of benzene rings is 1. The van der Waals surface area contributed by atoms with E-state index >= 15 is 0 Å². The molecule has 3 rings (SSSR count). The Bertz CT molecular complexity index is 788. The van der Waals surface area contributed by atoms with E-state index in [0.29, 0.717) is 10.8 Å². The second-order valence-electron chi connectivity index (χ2n) is 4.56. The number of aryl methyl sites for hydroxylation is 1.